The number of hydrogen-bond donors (Lipinski definition) is 0. The highest BCUT2D eigenvalue weighted by atomic mass is 31.1. The van der Waals surface area contributed by atoms with E-state index in [2.05, 4.69) is 39.0 Å². The zero-order chi connectivity index (χ0) is 7.33. The SMILES string of the molecule is C=PC=CC(C)(C)CC. The second-order valence-electron chi connectivity index (χ2n) is 2.84. The average Bonchev–Trinajstić information content (AvgIpc) is 1.84. The lowest BCUT2D eigenvalue weighted by Gasteiger charge is -2.15. The largest absolute Gasteiger partial charge is 0.0847 e. The summed E-state index contributed by atoms with van der Waals surface area (Å²) in [6.07, 6.45) is 7.13. The van der Waals surface area contributed by atoms with E-state index in [1.807, 2.05) is 0 Å². The molecule has 1 heteroatoms. The van der Waals surface area contributed by atoms with Crippen molar-refractivity contribution in [3.8, 4) is 0 Å². The van der Waals surface area contributed by atoms with E-state index in [9.17, 15) is 0 Å². The second kappa shape index (κ2) is 3.85. The Hall–Kier alpha value is -0.0900. The van der Waals surface area contributed by atoms with E-state index >= 15 is 0 Å². The van der Waals surface area contributed by atoms with Crippen molar-refractivity contribution in [2.75, 3.05) is 0 Å². The normalized spacial score (nSPS) is 13.2. The lowest BCUT2D eigenvalue weighted by atomic mass is 9.91. The highest BCUT2D eigenvalue weighted by Crippen LogP contribution is 2.22. The lowest BCUT2D eigenvalue weighted by molar-refractivity contribution is 0.463. The Morgan fingerprint density at radius 2 is 2.11 bits per heavy atom. The van der Waals surface area contributed by atoms with Crippen LogP contribution >= 0.6 is 8.20 Å². The smallest absolute Gasteiger partial charge is 0.0171 e. The molecular formula is C8H15P. The quantitative estimate of drug-likeness (QED) is 0.530. The van der Waals surface area contributed by atoms with Crippen LogP contribution in [0.1, 0.15) is 27.2 Å². The zero-order valence-corrected chi connectivity index (χ0v) is 7.41. The molecule has 9 heavy (non-hydrogen) atoms. The molecule has 0 spiro atoms. The van der Waals surface area contributed by atoms with Crippen molar-refractivity contribution >= 4 is 14.5 Å². The fourth-order valence-electron chi connectivity index (χ4n) is 0.372. The predicted molar refractivity (Wildman–Crippen MR) is 47.3 cm³/mol. The first kappa shape index (κ1) is 8.91. The molecule has 0 amide bonds. The van der Waals surface area contributed by atoms with Gasteiger partial charge in [0.05, 0.1) is 0 Å². The van der Waals surface area contributed by atoms with Gasteiger partial charge in [-0.3, -0.25) is 0 Å². The van der Waals surface area contributed by atoms with Gasteiger partial charge in [-0.05, 0) is 17.7 Å². The van der Waals surface area contributed by atoms with Crippen molar-refractivity contribution in [2.45, 2.75) is 27.2 Å². The topological polar surface area (TPSA) is 0 Å². The van der Waals surface area contributed by atoms with Crippen LogP contribution in [0.25, 0.3) is 0 Å². The maximum Gasteiger partial charge on any atom is -0.0171 e. The van der Waals surface area contributed by atoms with Gasteiger partial charge in [0.2, 0.25) is 0 Å². The van der Waals surface area contributed by atoms with E-state index in [-0.39, 0.29) is 0 Å². The molecule has 0 heterocycles. The summed E-state index contributed by atoms with van der Waals surface area (Å²) < 4.78 is 0. The summed E-state index contributed by atoms with van der Waals surface area (Å²) in [5.41, 5.74) is 0.366. The Morgan fingerprint density at radius 3 is 2.44 bits per heavy atom. The number of allylic oxidation sites excluding steroid dienone is 1. The molecule has 52 valence electrons. The van der Waals surface area contributed by atoms with Crippen LogP contribution in [0.5, 0.6) is 0 Å². The molecule has 0 nitrogen and oxygen atoms in total. The van der Waals surface area contributed by atoms with Gasteiger partial charge in [-0.1, -0.05) is 41.4 Å². The Balaban J connectivity index is 3.84. The first-order chi connectivity index (χ1) is 4.12. The molecule has 0 aliphatic carbocycles. The molecule has 0 unspecified atom stereocenters. The average molecular weight is 142 g/mol. The molecule has 0 aromatic heterocycles. The minimum Gasteiger partial charge on any atom is -0.0847 e. The molecule has 0 saturated heterocycles. The van der Waals surface area contributed by atoms with E-state index in [1.165, 1.54) is 6.42 Å². The second-order valence-corrected chi connectivity index (χ2v) is 3.50. The Bertz CT molecular complexity index is 112. The van der Waals surface area contributed by atoms with Gasteiger partial charge in [-0.15, -0.1) is 0 Å². The highest BCUT2D eigenvalue weighted by molar-refractivity contribution is 7.40. The van der Waals surface area contributed by atoms with Gasteiger partial charge in [0.25, 0.3) is 0 Å². The van der Waals surface area contributed by atoms with Gasteiger partial charge in [-0.2, -0.15) is 0 Å². The van der Waals surface area contributed by atoms with E-state index < -0.39 is 0 Å². The summed E-state index contributed by atoms with van der Waals surface area (Å²) in [6.45, 7) is 6.66. The molecule has 0 saturated carbocycles. The first-order valence-electron chi connectivity index (χ1n) is 3.26. The molecule has 0 radical (unpaired) electrons. The predicted octanol–water partition coefficient (Wildman–Crippen LogP) is 3.31. The molecule has 0 N–H and O–H groups in total. The molecule has 0 bridgehead atoms. The van der Waals surface area contributed by atoms with Gasteiger partial charge >= 0.3 is 0 Å². The molecule has 0 aliphatic rings. The van der Waals surface area contributed by atoms with Crippen LogP contribution in [-0.4, -0.2) is 6.30 Å². The van der Waals surface area contributed by atoms with Crippen LogP contribution in [0.2, 0.25) is 0 Å². The van der Waals surface area contributed by atoms with Crippen molar-refractivity contribution < 1.29 is 0 Å². The van der Waals surface area contributed by atoms with Gasteiger partial charge in [0.1, 0.15) is 0 Å². The van der Waals surface area contributed by atoms with E-state index in [0.717, 1.165) is 8.20 Å². The first-order valence-corrected chi connectivity index (χ1v) is 4.41. The maximum absolute atomic E-state index is 3.71. The zero-order valence-electron chi connectivity index (χ0n) is 6.52. The third-order valence-corrected chi connectivity index (χ3v) is 1.90. The molecule has 0 aliphatic heterocycles. The molecule has 0 aromatic rings. The summed E-state index contributed by atoms with van der Waals surface area (Å²) in [5.74, 6) is 2.10. The van der Waals surface area contributed by atoms with Crippen molar-refractivity contribution in [3.05, 3.63) is 11.9 Å². The minimum atomic E-state index is 0.366. The van der Waals surface area contributed by atoms with Crippen molar-refractivity contribution in [1.82, 2.24) is 0 Å². The molecule has 0 fully saturated rings. The van der Waals surface area contributed by atoms with Gasteiger partial charge in [-0.25, -0.2) is 0 Å². The summed E-state index contributed by atoms with van der Waals surface area (Å²) in [6, 6.07) is 0. The number of rotatable bonds is 3. The summed E-state index contributed by atoms with van der Waals surface area (Å²) in [7, 11) is 1.11. The molecule has 0 rings (SSSR count). The fourth-order valence-corrected chi connectivity index (χ4v) is 0.881. The molecule has 0 aromatic carbocycles. The Labute approximate surface area is 59.8 Å². The van der Waals surface area contributed by atoms with E-state index in [1.54, 1.807) is 0 Å². The van der Waals surface area contributed by atoms with Gasteiger partial charge in [0.15, 0.2) is 0 Å². The summed E-state index contributed by atoms with van der Waals surface area (Å²) in [4.78, 5) is 0. The summed E-state index contributed by atoms with van der Waals surface area (Å²) in [5, 5.41) is 0. The van der Waals surface area contributed by atoms with Crippen LogP contribution in [0, 0.1) is 5.41 Å². The van der Waals surface area contributed by atoms with E-state index in [0.29, 0.717) is 5.41 Å². The Kier molecular flexibility index (Phi) is 3.81. The van der Waals surface area contributed by atoms with Crippen LogP contribution < -0.4 is 0 Å². The van der Waals surface area contributed by atoms with Crippen LogP contribution in [0.15, 0.2) is 11.9 Å². The third-order valence-electron chi connectivity index (χ3n) is 1.54. The summed E-state index contributed by atoms with van der Waals surface area (Å²) >= 11 is 0. The van der Waals surface area contributed by atoms with Crippen molar-refractivity contribution in [1.29, 1.82) is 0 Å². The lowest BCUT2D eigenvalue weighted by Crippen LogP contribution is -2.03. The Morgan fingerprint density at radius 1 is 1.56 bits per heavy atom. The van der Waals surface area contributed by atoms with Crippen LogP contribution in [-0.2, 0) is 0 Å². The minimum absolute atomic E-state index is 0.366. The number of hydrogen-bond acceptors (Lipinski definition) is 0. The highest BCUT2D eigenvalue weighted by Gasteiger charge is 2.08. The van der Waals surface area contributed by atoms with Gasteiger partial charge < -0.3 is 0 Å². The van der Waals surface area contributed by atoms with E-state index in [4.69, 9.17) is 0 Å². The van der Waals surface area contributed by atoms with Crippen LogP contribution in [0.4, 0.5) is 0 Å². The van der Waals surface area contributed by atoms with Crippen molar-refractivity contribution in [3.63, 3.8) is 0 Å². The third kappa shape index (κ3) is 4.42. The van der Waals surface area contributed by atoms with Crippen molar-refractivity contribution in [2.24, 2.45) is 5.41 Å². The van der Waals surface area contributed by atoms with Crippen LogP contribution in [0.3, 0.4) is 0 Å². The molecular weight excluding hydrogens is 127 g/mol. The maximum atomic E-state index is 3.71. The van der Waals surface area contributed by atoms with Gasteiger partial charge in [0, 0.05) is 0 Å². The monoisotopic (exact) mass is 142 g/mol. The molecule has 0 atom stereocenters. The fraction of sp³-hybridized carbons (Fsp3) is 0.625. The standard InChI is InChI=1S/C8H15P/c1-5-8(2,3)6-7-9-4/h6-7H,4-5H2,1-3H3.